The van der Waals surface area contributed by atoms with Gasteiger partial charge in [0, 0.05) is 26.2 Å². The van der Waals surface area contributed by atoms with Crippen LogP contribution in [0.2, 0.25) is 0 Å². The van der Waals surface area contributed by atoms with Gasteiger partial charge in [0.15, 0.2) is 0 Å². The SMILES string of the molecule is CCCCN1CC2CC(CN(CCC)C2)C1. The van der Waals surface area contributed by atoms with E-state index in [-0.39, 0.29) is 0 Å². The van der Waals surface area contributed by atoms with Crippen LogP contribution in [0.3, 0.4) is 0 Å². The Labute approximate surface area is 101 Å². The Morgan fingerprint density at radius 2 is 1.38 bits per heavy atom. The molecule has 0 spiro atoms. The first-order valence-corrected chi connectivity index (χ1v) is 7.26. The lowest BCUT2D eigenvalue weighted by molar-refractivity contribution is 0.0309. The maximum Gasteiger partial charge on any atom is 0.00221 e. The number of nitrogens with zero attached hydrogens (tertiary/aromatic N) is 2. The molecule has 0 aromatic heterocycles. The molecule has 2 saturated heterocycles. The second-order valence-corrected chi connectivity index (χ2v) is 5.84. The van der Waals surface area contributed by atoms with E-state index in [0.29, 0.717) is 0 Å². The Bertz CT molecular complexity index is 191. The van der Waals surface area contributed by atoms with Crippen LogP contribution in [0.15, 0.2) is 0 Å². The first kappa shape index (κ1) is 12.4. The van der Waals surface area contributed by atoms with E-state index in [9.17, 15) is 0 Å². The van der Waals surface area contributed by atoms with E-state index in [2.05, 4.69) is 23.6 Å². The number of hydrogen-bond donors (Lipinski definition) is 0. The lowest BCUT2D eigenvalue weighted by Crippen LogP contribution is -2.52. The summed E-state index contributed by atoms with van der Waals surface area (Å²) in [6.07, 6.45) is 5.55. The van der Waals surface area contributed by atoms with E-state index < -0.39 is 0 Å². The molecule has 0 aromatic carbocycles. The zero-order valence-electron chi connectivity index (χ0n) is 11.1. The largest absolute Gasteiger partial charge is 0.303 e. The average molecular weight is 224 g/mol. The summed E-state index contributed by atoms with van der Waals surface area (Å²) in [4.78, 5) is 5.43. The molecule has 0 aromatic rings. The maximum absolute atomic E-state index is 2.73. The van der Waals surface area contributed by atoms with E-state index >= 15 is 0 Å². The minimum Gasteiger partial charge on any atom is -0.303 e. The highest BCUT2D eigenvalue weighted by Gasteiger charge is 2.33. The van der Waals surface area contributed by atoms with Crippen LogP contribution in [0.5, 0.6) is 0 Å². The topological polar surface area (TPSA) is 6.48 Å². The van der Waals surface area contributed by atoms with E-state index in [1.54, 1.807) is 0 Å². The Morgan fingerprint density at radius 1 is 0.812 bits per heavy atom. The molecule has 0 amide bonds. The molecule has 2 fully saturated rings. The van der Waals surface area contributed by atoms with Gasteiger partial charge in [-0.1, -0.05) is 20.3 Å². The first-order valence-electron chi connectivity index (χ1n) is 7.26. The normalized spacial score (nSPS) is 31.9. The van der Waals surface area contributed by atoms with Crippen LogP contribution in [0, 0.1) is 11.8 Å². The van der Waals surface area contributed by atoms with Crippen molar-refractivity contribution in [2.45, 2.75) is 39.5 Å². The van der Waals surface area contributed by atoms with Crippen molar-refractivity contribution in [1.29, 1.82) is 0 Å². The van der Waals surface area contributed by atoms with Crippen LogP contribution < -0.4 is 0 Å². The summed E-state index contributed by atoms with van der Waals surface area (Å²) in [6, 6.07) is 0. The summed E-state index contributed by atoms with van der Waals surface area (Å²) in [5, 5.41) is 0. The van der Waals surface area contributed by atoms with Crippen molar-refractivity contribution in [2.75, 3.05) is 39.3 Å². The molecule has 2 aliphatic rings. The van der Waals surface area contributed by atoms with Crippen LogP contribution in [-0.4, -0.2) is 49.1 Å². The summed E-state index contributed by atoms with van der Waals surface area (Å²) >= 11 is 0. The lowest BCUT2D eigenvalue weighted by Gasteiger charge is -2.46. The van der Waals surface area contributed by atoms with Crippen LogP contribution in [0.1, 0.15) is 39.5 Å². The van der Waals surface area contributed by atoms with Crippen LogP contribution >= 0.6 is 0 Å². The van der Waals surface area contributed by atoms with Crippen molar-refractivity contribution in [3.05, 3.63) is 0 Å². The molecule has 0 radical (unpaired) electrons. The number of fused-ring (bicyclic) bond motifs is 2. The molecule has 16 heavy (non-hydrogen) atoms. The first-order chi connectivity index (χ1) is 7.81. The second-order valence-electron chi connectivity index (χ2n) is 5.84. The Balaban J connectivity index is 1.80. The Morgan fingerprint density at radius 3 is 1.88 bits per heavy atom. The molecule has 0 saturated carbocycles. The predicted molar refractivity (Wildman–Crippen MR) is 69.7 cm³/mol. The van der Waals surface area contributed by atoms with Crippen molar-refractivity contribution in [3.8, 4) is 0 Å². The van der Waals surface area contributed by atoms with Gasteiger partial charge in [0.05, 0.1) is 0 Å². The van der Waals surface area contributed by atoms with E-state index in [4.69, 9.17) is 0 Å². The van der Waals surface area contributed by atoms with Crippen LogP contribution in [0.25, 0.3) is 0 Å². The summed E-state index contributed by atoms with van der Waals surface area (Å²) in [7, 11) is 0. The monoisotopic (exact) mass is 224 g/mol. The highest BCUT2D eigenvalue weighted by molar-refractivity contribution is 4.87. The fraction of sp³-hybridized carbons (Fsp3) is 1.00. The van der Waals surface area contributed by atoms with Crippen molar-refractivity contribution in [2.24, 2.45) is 11.8 Å². The van der Waals surface area contributed by atoms with Crippen LogP contribution in [-0.2, 0) is 0 Å². The molecule has 2 heterocycles. The van der Waals surface area contributed by atoms with Gasteiger partial charge in [0.25, 0.3) is 0 Å². The van der Waals surface area contributed by atoms with Crippen molar-refractivity contribution in [3.63, 3.8) is 0 Å². The average Bonchev–Trinajstić information content (AvgIpc) is 2.25. The molecular formula is C14H28N2. The lowest BCUT2D eigenvalue weighted by atomic mass is 9.84. The van der Waals surface area contributed by atoms with E-state index in [1.807, 2.05) is 0 Å². The quantitative estimate of drug-likeness (QED) is 0.708. The molecule has 0 aliphatic carbocycles. The fourth-order valence-corrected chi connectivity index (χ4v) is 3.56. The van der Waals surface area contributed by atoms with Gasteiger partial charge in [-0.05, 0) is 44.2 Å². The number of unbranched alkanes of at least 4 members (excludes halogenated alkanes) is 1. The third-order valence-electron chi connectivity index (χ3n) is 4.10. The molecule has 94 valence electrons. The third kappa shape index (κ3) is 3.21. The van der Waals surface area contributed by atoms with Crippen LogP contribution in [0.4, 0.5) is 0 Å². The number of hydrogen-bond acceptors (Lipinski definition) is 2. The van der Waals surface area contributed by atoms with Gasteiger partial charge in [-0.2, -0.15) is 0 Å². The van der Waals surface area contributed by atoms with Crippen molar-refractivity contribution < 1.29 is 0 Å². The zero-order chi connectivity index (χ0) is 11.4. The summed E-state index contributed by atoms with van der Waals surface area (Å²) in [5.74, 6) is 1.94. The van der Waals surface area contributed by atoms with Crippen molar-refractivity contribution >= 4 is 0 Å². The van der Waals surface area contributed by atoms with Gasteiger partial charge >= 0.3 is 0 Å². The minimum atomic E-state index is 0.968. The Hall–Kier alpha value is -0.0800. The molecule has 2 atom stereocenters. The van der Waals surface area contributed by atoms with E-state index in [1.165, 1.54) is 65.0 Å². The predicted octanol–water partition coefficient (Wildman–Crippen LogP) is 2.45. The van der Waals surface area contributed by atoms with E-state index in [0.717, 1.165) is 11.8 Å². The highest BCUT2D eigenvalue weighted by atomic mass is 15.2. The Kier molecular flexibility index (Phi) is 4.66. The molecule has 2 bridgehead atoms. The zero-order valence-corrected chi connectivity index (χ0v) is 11.1. The third-order valence-corrected chi connectivity index (χ3v) is 4.10. The smallest absolute Gasteiger partial charge is 0.00221 e. The molecule has 2 nitrogen and oxygen atoms in total. The minimum absolute atomic E-state index is 0.968. The van der Waals surface area contributed by atoms with Gasteiger partial charge in [0.2, 0.25) is 0 Å². The molecule has 2 heteroatoms. The second kappa shape index (κ2) is 6.02. The molecule has 2 rings (SSSR count). The standard InChI is InChI=1S/C14H28N2/c1-3-5-7-16-11-13-8-14(12-16)10-15(9-13)6-4-2/h13-14H,3-12H2,1-2H3. The number of rotatable bonds is 5. The fourth-order valence-electron chi connectivity index (χ4n) is 3.56. The summed E-state index contributed by atoms with van der Waals surface area (Å²) in [5.41, 5.74) is 0. The number of piperidine rings is 2. The van der Waals surface area contributed by atoms with Gasteiger partial charge in [-0.25, -0.2) is 0 Å². The highest BCUT2D eigenvalue weighted by Crippen LogP contribution is 2.28. The van der Waals surface area contributed by atoms with Gasteiger partial charge in [-0.15, -0.1) is 0 Å². The maximum atomic E-state index is 2.73. The number of likely N-dealkylation sites (tertiary alicyclic amines) is 2. The molecule has 2 unspecified atom stereocenters. The summed E-state index contributed by atoms with van der Waals surface area (Å²) in [6.45, 7) is 12.7. The van der Waals surface area contributed by atoms with Gasteiger partial charge in [-0.3, -0.25) is 0 Å². The molecular weight excluding hydrogens is 196 g/mol. The molecule has 0 N–H and O–H groups in total. The van der Waals surface area contributed by atoms with Gasteiger partial charge in [0.1, 0.15) is 0 Å². The van der Waals surface area contributed by atoms with Crippen molar-refractivity contribution in [1.82, 2.24) is 9.80 Å². The molecule has 2 aliphatic heterocycles. The van der Waals surface area contributed by atoms with Gasteiger partial charge < -0.3 is 9.80 Å². The summed E-state index contributed by atoms with van der Waals surface area (Å²) < 4.78 is 0.